The van der Waals surface area contributed by atoms with Crippen LogP contribution in [0.25, 0.3) is 22.3 Å². The zero-order valence-electron chi connectivity index (χ0n) is 31.9. The van der Waals surface area contributed by atoms with Crippen molar-refractivity contribution < 1.29 is 38.1 Å². The molecular weight excluding hydrogens is 680 g/mol. The summed E-state index contributed by atoms with van der Waals surface area (Å²) in [5.41, 5.74) is 3.74. The van der Waals surface area contributed by atoms with E-state index in [9.17, 15) is 19.2 Å². The molecule has 0 aliphatic heterocycles. The Labute approximate surface area is 321 Å². The van der Waals surface area contributed by atoms with Crippen LogP contribution in [0, 0.1) is 0 Å². The second-order valence-electron chi connectivity index (χ2n) is 13.1. The van der Waals surface area contributed by atoms with E-state index in [0.717, 1.165) is 75.3 Å². The first-order valence-corrected chi connectivity index (χ1v) is 19.2. The molecule has 0 aliphatic carbocycles. The molecule has 0 aromatic heterocycles. The van der Waals surface area contributed by atoms with Gasteiger partial charge >= 0.3 is 23.9 Å². The number of unbranched alkanes of at least 4 members (excludes halogenated alkanes) is 9. The number of benzene rings is 3. The number of hydrogen-bond acceptors (Lipinski definition) is 8. The van der Waals surface area contributed by atoms with Gasteiger partial charge in [-0.1, -0.05) is 68.7 Å². The largest absolute Gasteiger partial charge is 0.462 e. The number of allylic oxidation sites excluding steroid dienone is 3. The molecule has 0 atom stereocenters. The molecular formula is C46H56O8. The van der Waals surface area contributed by atoms with E-state index in [1.165, 1.54) is 12.1 Å². The van der Waals surface area contributed by atoms with Crippen molar-refractivity contribution in [1.82, 2.24) is 0 Å². The first-order valence-electron chi connectivity index (χ1n) is 19.2. The molecule has 288 valence electrons. The van der Waals surface area contributed by atoms with Crippen LogP contribution in [-0.2, 0) is 18.9 Å². The molecule has 0 radical (unpaired) electrons. The Morgan fingerprint density at radius 2 is 0.722 bits per heavy atom. The average Bonchev–Trinajstić information content (AvgIpc) is 3.19. The van der Waals surface area contributed by atoms with Crippen molar-refractivity contribution in [3.63, 3.8) is 0 Å². The summed E-state index contributed by atoms with van der Waals surface area (Å²) < 4.78 is 22.2. The quantitative estimate of drug-likeness (QED) is 0.0347. The maximum absolute atomic E-state index is 13.1. The van der Waals surface area contributed by atoms with Gasteiger partial charge in [0.15, 0.2) is 0 Å². The van der Waals surface area contributed by atoms with Crippen molar-refractivity contribution in [2.75, 3.05) is 26.4 Å². The minimum Gasteiger partial charge on any atom is -0.462 e. The minimum absolute atomic E-state index is 0.243. The molecule has 0 saturated heterocycles. The molecule has 0 fully saturated rings. The molecule has 0 spiro atoms. The predicted octanol–water partition coefficient (Wildman–Crippen LogP) is 11.3. The summed E-state index contributed by atoms with van der Waals surface area (Å²) in [4.78, 5) is 52.5. The number of ether oxygens (including phenoxy) is 4. The van der Waals surface area contributed by atoms with Crippen molar-refractivity contribution in [3.05, 3.63) is 121 Å². The number of rotatable bonds is 26. The first-order chi connectivity index (χ1) is 26.3. The molecule has 0 heterocycles. The third-order valence-electron chi connectivity index (χ3n) is 8.70. The Hall–Kier alpha value is -5.24. The lowest BCUT2D eigenvalue weighted by Gasteiger charge is -2.13. The van der Waals surface area contributed by atoms with Gasteiger partial charge in [0.05, 0.1) is 48.7 Å². The van der Waals surface area contributed by atoms with Crippen LogP contribution in [-0.4, -0.2) is 50.3 Å². The van der Waals surface area contributed by atoms with E-state index in [-0.39, 0.29) is 42.1 Å². The Bertz CT molecular complexity index is 1640. The van der Waals surface area contributed by atoms with Gasteiger partial charge in [0.2, 0.25) is 0 Å². The molecule has 0 aliphatic rings. The molecule has 3 aromatic rings. The molecule has 0 saturated carbocycles. The van der Waals surface area contributed by atoms with Crippen LogP contribution in [0.3, 0.4) is 0 Å². The summed E-state index contributed by atoms with van der Waals surface area (Å²) in [5.74, 6) is -2.08. The highest BCUT2D eigenvalue weighted by molar-refractivity contribution is 5.99. The van der Waals surface area contributed by atoms with Crippen LogP contribution in [0.5, 0.6) is 0 Å². The van der Waals surface area contributed by atoms with Gasteiger partial charge in [-0.05, 0) is 123 Å². The van der Waals surface area contributed by atoms with E-state index < -0.39 is 23.9 Å². The van der Waals surface area contributed by atoms with Crippen LogP contribution in [0.15, 0.2) is 98.6 Å². The third-order valence-corrected chi connectivity index (χ3v) is 8.70. The van der Waals surface area contributed by atoms with Gasteiger partial charge in [-0.25, -0.2) is 19.2 Å². The molecule has 3 aromatic carbocycles. The summed E-state index contributed by atoms with van der Waals surface area (Å²) in [6.07, 6.45) is 16.5. The van der Waals surface area contributed by atoms with Gasteiger partial charge in [0.1, 0.15) is 0 Å². The summed E-state index contributed by atoms with van der Waals surface area (Å²) in [6.45, 7) is 14.4. The fourth-order valence-corrected chi connectivity index (χ4v) is 5.61. The van der Waals surface area contributed by atoms with Crippen LogP contribution in [0.2, 0.25) is 0 Å². The second-order valence-corrected chi connectivity index (χ2v) is 13.1. The Morgan fingerprint density at radius 1 is 0.426 bits per heavy atom. The topological polar surface area (TPSA) is 105 Å². The van der Waals surface area contributed by atoms with E-state index in [1.54, 1.807) is 24.3 Å². The lowest BCUT2D eigenvalue weighted by molar-refractivity contribution is 0.0478. The van der Waals surface area contributed by atoms with E-state index in [1.807, 2.05) is 42.5 Å². The Kier molecular flexibility index (Phi) is 19.9. The molecule has 8 heteroatoms. The average molecular weight is 737 g/mol. The summed E-state index contributed by atoms with van der Waals surface area (Å²) in [5, 5.41) is 0. The molecule has 0 bridgehead atoms. The van der Waals surface area contributed by atoms with E-state index in [4.69, 9.17) is 18.9 Å². The lowest BCUT2D eigenvalue weighted by Crippen LogP contribution is -2.11. The van der Waals surface area contributed by atoms with Crippen molar-refractivity contribution in [2.24, 2.45) is 0 Å². The normalized spacial score (nSPS) is 10.6. The standard InChI is InChI=1S/C46H56O8/c1-5-9-13-17-25-51-43(47)39-29-37(30-40(33-39)44(48)52-26-18-14-10-6-2)35-21-23-36(24-22-35)38-31-41(45(49)53-27-19-15-11-7-3)34-42(32-38)46(50)54-28-20-16-12-8-4/h5-7,21-24,29-34H,1-3,8-20,25-28H2,4H3. The molecule has 0 amide bonds. The fraction of sp³-hybridized carbons (Fsp3) is 0.391. The van der Waals surface area contributed by atoms with Gasteiger partial charge in [-0.15, -0.1) is 19.7 Å². The van der Waals surface area contributed by atoms with Gasteiger partial charge in [-0.3, -0.25) is 0 Å². The lowest BCUT2D eigenvalue weighted by atomic mass is 9.95. The zero-order chi connectivity index (χ0) is 39.0. The summed E-state index contributed by atoms with van der Waals surface area (Å²) >= 11 is 0. The molecule has 0 unspecified atom stereocenters. The number of carbonyl (C=O) groups is 4. The van der Waals surface area contributed by atoms with Crippen molar-refractivity contribution in [2.45, 2.75) is 90.4 Å². The maximum atomic E-state index is 13.1. The molecule has 3 rings (SSSR count). The summed E-state index contributed by atoms with van der Waals surface area (Å²) in [6, 6.07) is 17.3. The van der Waals surface area contributed by atoms with Crippen molar-refractivity contribution in [3.8, 4) is 22.3 Å². The van der Waals surface area contributed by atoms with Gasteiger partial charge < -0.3 is 18.9 Å². The van der Waals surface area contributed by atoms with Crippen LogP contribution < -0.4 is 0 Å². The highest BCUT2D eigenvalue weighted by Gasteiger charge is 2.18. The molecule has 54 heavy (non-hydrogen) atoms. The monoisotopic (exact) mass is 736 g/mol. The van der Waals surface area contributed by atoms with E-state index in [2.05, 4.69) is 26.7 Å². The SMILES string of the molecule is C=CCCCCOC(=O)c1cc(C(=O)OCCCCC=C)cc(-c2ccc(-c3cc(C(=O)OCCCCC=C)cc(C(=O)OCCCCCC)c3)cc2)c1. The third kappa shape index (κ3) is 15.0. The summed E-state index contributed by atoms with van der Waals surface area (Å²) in [7, 11) is 0. The zero-order valence-corrected chi connectivity index (χ0v) is 31.9. The number of hydrogen-bond donors (Lipinski definition) is 0. The van der Waals surface area contributed by atoms with Gasteiger partial charge in [-0.2, -0.15) is 0 Å². The van der Waals surface area contributed by atoms with Crippen LogP contribution >= 0.6 is 0 Å². The van der Waals surface area contributed by atoms with E-state index >= 15 is 0 Å². The minimum atomic E-state index is -0.527. The smallest absolute Gasteiger partial charge is 0.338 e. The second kappa shape index (κ2) is 24.9. The van der Waals surface area contributed by atoms with Gasteiger partial charge in [0.25, 0.3) is 0 Å². The molecule has 8 nitrogen and oxygen atoms in total. The number of esters is 4. The molecule has 0 N–H and O–H groups in total. The highest BCUT2D eigenvalue weighted by Crippen LogP contribution is 2.29. The maximum Gasteiger partial charge on any atom is 0.338 e. The predicted molar refractivity (Wildman–Crippen MR) is 215 cm³/mol. The fourth-order valence-electron chi connectivity index (χ4n) is 5.61. The highest BCUT2D eigenvalue weighted by atomic mass is 16.5. The Morgan fingerprint density at radius 3 is 1.00 bits per heavy atom. The first kappa shape index (κ1) is 43.2. The number of carbonyl (C=O) groups excluding carboxylic acids is 4. The van der Waals surface area contributed by atoms with Gasteiger partial charge in [0, 0.05) is 0 Å². The van der Waals surface area contributed by atoms with Crippen LogP contribution in [0.1, 0.15) is 132 Å². The van der Waals surface area contributed by atoms with Crippen LogP contribution in [0.4, 0.5) is 0 Å². The Balaban J connectivity index is 1.91. The van der Waals surface area contributed by atoms with Crippen molar-refractivity contribution >= 4 is 23.9 Å². The van der Waals surface area contributed by atoms with Crippen molar-refractivity contribution in [1.29, 1.82) is 0 Å². The van der Waals surface area contributed by atoms with E-state index in [0.29, 0.717) is 37.0 Å².